The van der Waals surface area contributed by atoms with Crippen molar-refractivity contribution in [3.05, 3.63) is 46.0 Å². The standard InChI is InChI=1S/C17H21N3O5/c1-13(2)11-17(22)25-12-16(21)19-9-7-18(8-10-19)14-3-5-15(6-4-14)20(23)24/h3-6,11H,7-10,12H2,1-2H3. The van der Waals surface area contributed by atoms with E-state index in [2.05, 4.69) is 4.90 Å². The first kappa shape index (κ1) is 18.4. The van der Waals surface area contributed by atoms with E-state index in [0.717, 1.165) is 11.3 Å². The number of carbonyl (C=O) groups excluding carboxylic acids is 2. The Morgan fingerprint density at radius 1 is 1.16 bits per heavy atom. The predicted molar refractivity (Wildman–Crippen MR) is 92.3 cm³/mol. The minimum atomic E-state index is -0.516. The van der Waals surface area contributed by atoms with E-state index in [0.29, 0.717) is 26.2 Å². The van der Waals surface area contributed by atoms with E-state index in [4.69, 9.17) is 4.74 Å². The maximum absolute atomic E-state index is 12.1. The SMILES string of the molecule is CC(C)=CC(=O)OCC(=O)N1CCN(c2ccc([N+](=O)[O-])cc2)CC1. The van der Waals surface area contributed by atoms with Crippen LogP contribution in [0.1, 0.15) is 13.8 Å². The fourth-order valence-corrected chi connectivity index (χ4v) is 2.50. The number of rotatable bonds is 5. The third kappa shape index (κ3) is 5.30. The van der Waals surface area contributed by atoms with Crippen LogP contribution < -0.4 is 4.90 Å². The van der Waals surface area contributed by atoms with Gasteiger partial charge in [0.15, 0.2) is 6.61 Å². The highest BCUT2D eigenvalue weighted by Gasteiger charge is 2.22. The van der Waals surface area contributed by atoms with Crippen LogP contribution in [0.5, 0.6) is 0 Å². The van der Waals surface area contributed by atoms with Crippen molar-refractivity contribution in [3.8, 4) is 0 Å². The van der Waals surface area contributed by atoms with Gasteiger partial charge in [-0.3, -0.25) is 14.9 Å². The molecule has 0 aliphatic carbocycles. The molecule has 8 nitrogen and oxygen atoms in total. The second-order valence-corrected chi connectivity index (χ2v) is 5.97. The van der Waals surface area contributed by atoms with Crippen molar-refractivity contribution >= 4 is 23.3 Å². The third-order valence-electron chi connectivity index (χ3n) is 3.80. The lowest BCUT2D eigenvalue weighted by atomic mass is 10.2. The number of nitro groups is 1. The lowest BCUT2D eigenvalue weighted by Gasteiger charge is -2.36. The van der Waals surface area contributed by atoms with E-state index in [9.17, 15) is 19.7 Å². The Balaban J connectivity index is 1.82. The Labute approximate surface area is 145 Å². The fraction of sp³-hybridized carbons (Fsp3) is 0.412. The number of amides is 1. The molecule has 1 fully saturated rings. The molecule has 1 heterocycles. The quantitative estimate of drug-likeness (QED) is 0.349. The summed E-state index contributed by atoms with van der Waals surface area (Å²) < 4.78 is 4.93. The highest BCUT2D eigenvalue weighted by molar-refractivity contribution is 5.86. The van der Waals surface area contributed by atoms with E-state index >= 15 is 0 Å². The number of benzene rings is 1. The topological polar surface area (TPSA) is 93.0 Å². The molecule has 0 aromatic heterocycles. The number of esters is 1. The summed E-state index contributed by atoms with van der Waals surface area (Å²) in [6.45, 7) is 5.55. The van der Waals surface area contributed by atoms with Crippen molar-refractivity contribution in [1.82, 2.24) is 4.90 Å². The first-order valence-corrected chi connectivity index (χ1v) is 7.95. The highest BCUT2D eigenvalue weighted by Crippen LogP contribution is 2.20. The molecule has 1 aromatic rings. The molecule has 1 aromatic carbocycles. The first-order chi connectivity index (χ1) is 11.9. The maximum atomic E-state index is 12.1. The minimum Gasteiger partial charge on any atom is -0.452 e. The van der Waals surface area contributed by atoms with Crippen molar-refractivity contribution in [2.45, 2.75) is 13.8 Å². The number of hydrogen-bond donors (Lipinski definition) is 0. The van der Waals surface area contributed by atoms with E-state index in [-0.39, 0.29) is 18.2 Å². The van der Waals surface area contributed by atoms with Crippen molar-refractivity contribution in [2.24, 2.45) is 0 Å². The van der Waals surface area contributed by atoms with Crippen LogP contribution in [0.25, 0.3) is 0 Å². The van der Waals surface area contributed by atoms with Gasteiger partial charge in [-0.15, -0.1) is 0 Å². The zero-order valence-corrected chi connectivity index (χ0v) is 14.3. The van der Waals surface area contributed by atoms with E-state index in [1.807, 2.05) is 0 Å². The van der Waals surface area contributed by atoms with Gasteiger partial charge in [-0.25, -0.2) is 4.79 Å². The number of nitrogens with zero attached hydrogens (tertiary/aromatic N) is 3. The summed E-state index contributed by atoms with van der Waals surface area (Å²) in [7, 11) is 0. The summed E-state index contributed by atoms with van der Waals surface area (Å²) in [4.78, 5) is 37.5. The van der Waals surface area contributed by atoms with Crippen molar-refractivity contribution in [3.63, 3.8) is 0 Å². The first-order valence-electron chi connectivity index (χ1n) is 7.95. The highest BCUT2D eigenvalue weighted by atomic mass is 16.6. The van der Waals surface area contributed by atoms with Crippen LogP contribution in [0.2, 0.25) is 0 Å². The number of hydrogen-bond acceptors (Lipinski definition) is 6. The molecule has 0 N–H and O–H groups in total. The average molecular weight is 347 g/mol. The number of piperazine rings is 1. The Morgan fingerprint density at radius 3 is 2.28 bits per heavy atom. The van der Waals surface area contributed by atoms with Crippen LogP contribution in [0.3, 0.4) is 0 Å². The smallest absolute Gasteiger partial charge is 0.331 e. The number of carbonyl (C=O) groups is 2. The lowest BCUT2D eigenvalue weighted by Crippen LogP contribution is -2.49. The molecule has 2 rings (SSSR count). The van der Waals surface area contributed by atoms with Gasteiger partial charge in [0.05, 0.1) is 4.92 Å². The zero-order valence-electron chi connectivity index (χ0n) is 14.3. The number of non-ortho nitro benzene ring substituents is 1. The normalized spacial score (nSPS) is 14.0. The van der Waals surface area contributed by atoms with Crippen LogP contribution in [-0.4, -0.2) is 54.5 Å². The minimum absolute atomic E-state index is 0.0516. The molecule has 0 saturated carbocycles. The largest absolute Gasteiger partial charge is 0.452 e. The number of anilines is 1. The summed E-state index contributed by atoms with van der Waals surface area (Å²) in [5, 5.41) is 10.7. The van der Waals surface area contributed by atoms with Crippen LogP contribution in [0, 0.1) is 10.1 Å². The molecule has 0 atom stereocenters. The molecule has 1 aliphatic rings. The van der Waals surface area contributed by atoms with Crippen LogP contribution in [0.4, 0.5) is 11.4 Å². The van der Waals surface area contributed by atoms with E-state index in [1.165, 1.54) is 18.2 Å². The average Bonchev–Trinajstić information content (AvgIpc) is 2.59. The second-order valence-electron chi connectivity index (χ2n) is 5.97. The molecule has 0 bridgehead atoms. The number of allylic oxidation sites excluding steroid dienone is 1. The third-order valence-corrected chi connectivity index (χ3v) is 3.80. The summed E-state index contributed by atoms with van der Waals surface area (Å²) in [6, 6.07) is 6.35. The molecule has 25 heavy (non-hydrogen) atoms. The summed E-state index contributed by atoms with van der Waals surface area (Å²) in [5.41, 5.74) is 1.75. The summed E-state index contributed by atoms with van der Waals surface area (Å²) in [6.07, 6.45) is 1.35. The van der Waals surface area contributed by atoms with Gasteiger partial charge in [0.2, 0.25) is 0 Å². The molecule has 1 amide bonds. The van der Waals surface area contributed by atoms with Crippen LogP contribution in [0.15, 0.2) is 35.9 Å². The molecule has 0 unspecified atom stereocenters. The molecule has 134 valence electrons. The Kier molecular flexibility index (Phi) is 6.10. The van der Waals surface area contributed by atoms with Crippen molar-refractivity contribution in [1.29, 1.82) is 0 Å². The number of ether oxygens (including phenoxy) is 1. The van der Waals surface area contributed by atoms with Crippen molar-refractivity contribution in [2.75, 3.05) is 37.7 Å². The van der Waals surface area contributed by atoms with Gasteiger partial charge < -0.3 is 14.5 Å². The van der Waals surface area contributed by atoms with Gasteiger partial charge in [0.25, 0.3) is 11.6 Å². The molecular weight excluding hydrogens is 326 g/mol. The molecular formula is C17H21N3O5. The number of nitro benzene ring substituents is 1. The zero-order chi connectivity index (χ0) is 18.4. The van der Waals surface area contributed by atoms with Crippen LogP contribution >= 0.6 is 0 Å². The van der Waals surface area contributed by atoms with Gasteiger partial charge in [-0.05, 0) is 26.0 Å². The predicted octanol–water partition coefficient (Wildman–Crippen LogP) is 1.75. The van der Waals surface area contributed by atoms with Crippen LogP contribution in [-0.2, 0) is 14.3 Å². The van der Waals surface area contributed by atoms with Gasteiger partial charge in [-0.2, -0.15) is 0 Å². The van der Waals surface area contributed by atoms with Crippen molar-refractivity contribution < 1.29 is 19.2 Å². The van der Waals surface area contributed by atoms with Gasteiger partial charge in [0.1, 0.15) is 0 Å². The Bertz CT molecular complexity index is 672. The Hall–Kier alpha value is -2.90. The second kappa shape index (κ2) is 8.27. The monoisotopic (exact) mass is 347 g/mol. The summed E-state index contributed by atoms with van der Waals surface area (Å²) in [5.74, 6) is -0.739. The molecule has 1 saturated heterocycles. The molecule has 8 heteroatoms. The summed E-state index contributed by atoms with van der Waals surface area (Å²) >= 11 is 0. The molecule has 0 radical (unpaired) electrons. The maximum Gasteiger partial charge on any atom is 0.331 e. The lowest BCUT2D eigenvalue weighted by molar-refractivity contribution is -0.384. The molecule has 1 aliphatic heterocycles. The molecule has 0 spiro atoms. The van der Waals surface area contributed by atoms with Gasteiger partial charge in [-0.1, -0.05) is 5.57 Å². The van der Waals surface area contributed by atoms with E-state index < -0.39 is 10.9 Å². The Morgan fingerprint density at radius 2 is 1.76 bits per heavy atom. The van der Waals surface area contributed by atoms with E-state index in [1.54, 1.807) is 30.9 Å². The van der Waals surface area contributed by atoms with Gasteiger partial charge >= 0.3 is 5.97 Å². The van der Waals surface area contributed by atoms with Gasteiger partial charge in [0, 0.05) is 50.1 Å². The fourth-order valence-electron chi connectivity index (χ4n) is 2.50.